The van der Waals surface area contributed by atoms with Gasteiger partial charge in [-0.2, -0.15) is 4.31 Å². The topological polar surface area (TPSA) is 107 Å². The number of nitrogens with one attached hydrogen (secondary N) is 1. The van der Waals surface area contributed by atoms with Gasteiger partial charge in [-0.15, -0.1) is 11.3 Å². The normalized spacial score (nSPS) is 11.6. The van der Waals surface area contributed by atoms with E-state index in [4.69, 9.17) is 0 Å². The van der Waals surface area contributed by atoms with Gasteiger partial charge in [-0.3, -0.25) is 4.79 Å². The number of hydrogen-bond acceptors (Lipinski definition) is 6. The molecule has 0 unspecified atom stereocenters. The van der Waals surface area contributed by atoms with E-state index in [1.165, 1.54) is 6.07 Å². The van der Waals surface area contributed by atoms with Crippen molar-refractivity contribution >= 4 is 33.2 Å². The summed E-state index contributed by atoms with van der Waals surface area (Å²) >= 11 is 1.04. The third-order valence-electron chi connectivity index (χ3n) is 2.47. The SMILES string of the molecule is CCNC(=O)c1cc(S(=O)(=O)N(C)CC(=O)[O-])c(C)s1. The molecule has 1 amide bonds. The number of aryl methyl sites for hydroxylation is 1. The maximum Gasteiger partial charge on any atom is 0.261 e. The van der Waals surface area contributed by atoms with Crippen LogP contribution in [-0.2, 0) is 14.8 Å². The van der Waals surface area contributed by atoms with Gasteiger partial charge in [-0.05, 0) is 19.9 Å². The second-order valence-corrected chi connectivity index (χ2v) is 7.29. The van der Waals surface area contributed by atoms with E-state index in [2.05, 4.69) is 5.32 Å². The molecule has 1 aromatic heterocycles. The fourth-order valence-corrected chi connectivity index (χ4v) is 4.10. The number of nitrogens with zero attached hydrogens (tertiary/aromatic N) is 1. The molecule has 1 heterocycles. The van der Waals surface area contributed by atoms with E-state index in [0.29, 0.717) is 15.7 Å². The van der Waals surface area contributed by atoms with Gasteiger partial charge >= 0.3 is 0 Å². The fraction of sp³-hybridized carbons (Fsp3) is 0.455. The Kier molecular flexibility index (Phi) is 5.26. The summed E-state index contributed by atoms with van der Waals surface area (Å²) in [5.74, 6) is -1.85. The molecule has 20 heavy (non-hydrogen) atoms. The van der Waals surface area contributed by atoms with Gasteiger partial charge in [0, 0.05) is 18.5 Å². The van der Waals surface area contributed by atoms with Crippen LogP contribution in [0.5, 0.6) is 0 Å². The quantitative estimate of drug-likeness (QED) is 0.737. The van der Waals surface area contributed by atoms with Crippen molar-refractivity contribution in [1.82, 2.24) is 9.62 Å². The first kappa shape index (κ1) is 16.6. The van der Waals surface area contributed by atoms with E-state index < -0.39 is 22.5 Å². The Balaban J connectivity index is 3.13. The van der Waals surface area contributed by atoms with Crippen LogP contribution in [0, 0.1) is 6.92 Å². The van der Waals surface area contributed by atoms with Gasteiger partial charge in [0.15, 0.2) is 0 Å². The van der Waals surface area contributed by atoms with E-state index in [9.17, 15) is 23.1 Å². The Morgan fingerprint density at radius 1 is 1.45 bits per heavy atom. The van der Waals surface area contributed by atoms with E-state index in [0.717, 1.165) is 18.4 Å². The summed E-state index contributed by atoms with van der Waals surface area (Å²) in [6.07, 6.45) is 0. The molecule has 0 aliphatic carbocycles. The number of thiophene rings is 1. The Morgan fingerprint density at radius 3 is 2.55 bits per heavy atom. The number of amides is 1. The van der Waals surface area contributed by atoms with Crippen LogP contribution < -0.4 is 10.4 Å². The van der Waals surface area contributed by atoms with Crippen molar-refractivity contribution in [3.05, 3.63) is 15.8 Å². The van der Waals surface area contributed by atoms with Crippen molar-refractivity contribution in [2.75, 3.05) is 20.1 Å². The first-order chi connectivity index (χ1) is 9.20. The van der Waals surface area contributed by atoms with Crippen LogP contribution in [0.15, 0.2) is 11.0 Å². The minimum Gasteiger partial charge on any atom is -0.549 e. The maximum atomic E-state index is 12.2. The number of hydrogen-bond donors (Lipinski definition) is 1. The van der Waals surface area contributed by atoms with Gasteiger partial charge in [-0.25, -0.2) is 8.42 Å². The maximum absolute atomic E-state index is 12.2. The largest absolute Gasteiger partial charge is 0.549 e. The molecule has 9 heteroatoms. The zero-order valence-corrected chi connectivity index (χ0v) is 12.9. The second kappa shape index (κ2) is 6.33. The molecular formula is C11H15N2O5S2-. The molecule has 0 atom stereocenters. The highest BCUT2D eigenvalue weighted by Gasteiger charge is 2.26. The minimum atomic E-state index is -3.95. The summed E-state index contributed by atoms with van der Waals surface area (Å²) < 4.78 is 25.1. The Labute approximate surface area is 121 Å². The van der Waals surface area contributed by atoms with Crippen LogP contribution in [0.3, 0.4) is 0 Å². The van der Waals surface area contributed by atoms with Crippen molar-refractivity contribution in [2.24, 2.45) is 0 Å². The third-order valence-corrected chi connectivity index (χ3v) is 5.58. The van der Waals surface area contributed by atoms with Crippen molar-refractivity contribution in [3.8, 4) is 0 Å². The smallest absolute Gasteiger partial charge is 0.261 e. The highest BCUT2D eigenvalue weighted by atomic mass is 32.2. The number of carbonyl (C=O) groups is 2. The number of rotatable bonds is 6. The standard InChI is InChI=1S/C11H16N2O5S2/c1-4-12-11(16)8-5-9(7(2)19-8)20(17,18)13(3)6-10(14)15/h5H,4,6H2,1-3H3,(H,12,16)(H,14,15)/p-1. The average Bonchev–Trinajstić information content (AvgIpc) is 2.71. The third kappa shape index (κ3) is 3.56. The molecule has 0 fully saturated rings. The average molecular weight is 319 g/mol. The summed E-state index contributed by atoms with van der Waals surface area (Å²) in [6, 6.07) is 1.26. The monoisotopic (exact) mass is 319 g/mol. The van der Waals surface area contributed by atoms with Gasteiger partial charge in [0.05, 0.1) is 22.3 Å². The van der Waals surface area contributed by atoms with Crippen LogP contribution in [0.1, 0.15) is 21.5 Å². The summed E-state index contributed by atoms with van der Waals surface area (Å²) in [5.41, 5.74) is 0. The van der Waals surface area contributed by atoms with Crippen LogP contribution in [0.25, 0.3) is 0 Å². The lowest BCUT2D eigenvalue weighted by Crippen LogP contribution is -2.39. The lowest BCUT2D eigenvalue weighted by molar-refractivity contribution is -0.305. The van der Waals surface area contributed by atoms with Crippen LogP contribution in [0.4, 0.5) is 0 Å². The number of aliphatic carboxylic acids is 1. The molecule has 0 bridgehead atoms. The van der Waals surface area contributed by atoms with E-state index >= 15 is 0 Å². The Hall–Kier alpha value is -1.45. The second-order valence-electron chi connectivity index (χ2n) is 4.02. The van der Waals surface area contributed by atoms with Gasteiger partial charge in [-0.1, -0.05) is 0 Å². The van der Waals surface area contributed by atoms with Crippen molar-refractivity contribution in [2.45, 2.75) is 18.7 Å². The molecular weight excluding hydrogens is 304 g/mol. The zero-order valence-electron chi connectivity index (χ0n) is 11.3. The van der Waals surface area contributed by atoms with Crippen molar-refractivity contribution < 1.29 is 23.1 Å². The molecule has 7 nitrogen and oxygen atoms in total. The number of carboxylic acids is 1. The predicted octanol–water partition coefficient (Wildman–Crippen LogP) is -0.823. The van der Waals surface area contributed by atoms with Gasteiger partial charge in [0.2, 0.25) is 10.0 Å². The molecule has 0 saturated heterocycles. The molecule has 112 valence electrons. The first-order valence-electron chi connectivity index (χ1n) is 5.75. The molecule has 1 N–H and O–H groups in total. The molecule has 0 aromatic carbocycles. The fourth-order valence-electron chi connectivity index (χ4n) is 1.52. The van der Waals surface area contributed by atoms with Crippen LogP contribution in [0.2, 0.25) is 0 Å². The predicted molar refractivity (Wildman–Crippen MR) is 71.9 cm³/mol. The van der Waals surface area contributed by atoms with Crippen molar-refractivity contribution in [1.29, 1.82) is 0 Å². The minimum absolute atomic E-state index is 0.0625. The summed E-state index contributed by atoms with van der Waals surface area (Å²) in [5, 5.41) is 13.1. The molecule has 0 saturated carbocycles. The highest BCUT2D eigenvalue weighted by Crippen LogP contribution is 2.27. The highest BCUT2D eigenvalue weighted by molar-refractivity contribution is 7.89. The van der Waals surface area contributed by atoms with Gasteiger partial charge < -0.3 is 15.2 Å². The first-order valence-corrected chi connectivity index (χ1v) is 8.00. The summed E-state index contributed by atoms with van der Waals surface area (Å²) in [6.45, 7) is 3.01. The van der Waals surface area contributed by atoms with Crippen molar-refractivity contribution in [3.63, 3.8) is 0 Å². The van der Waals surface area contributed by atoms with E-state index in [1.54, 1.807) is 13.8 Å². The summed E-state index contributed by atoms with van der Waals surface area (Å²) in [4.78, 5) is 22.8. The Bertz CT molecular complexity index is 621. The molecule has 1 aromatic rings. The summed E-state index contributed by atoms with van der Waals surface area (Å²) in [7, 11) is -2.80. The lowest BCUT2D eigenvalue weighted by atomic mass is 10.4. The molecule has 0 radical (unpaired) electrons. The lowest BCUT2D eigenvalue weighted by Gasteiger charge is -2.17. The number of carboxylic acid groups (broad SMARTS) is 1. The van der Waals surface area contributed by atoms with Crippen LogP contribution in [-0.4, -0.2) is 44.7 Å². The zero-order chi connectivity index (χ0) is 15.5. The van der Waals surface area contributed by atoms with Gasteiger partial charge in [0.1, 0.15) is 0 Å². The van der Waals surface area contributed by atoms with E-state index in [1.807, 2.05) is 0 Å². The molecule has 0 aliphatic heterocycles. The molecule has 0 aliphatic rings. The van der Waals surface area contributed by atoms with E-state index in [-0.39, 0.29) is 15.7 Å². The number of likely N-dealkylation sites (N-methyl/N-ethyl adjacent to an activating group) is 1. The Morgan fingerprint density at radius 2 is 2.05 bits per heavy atom. The molecule has 0 spiro atoms. The van der Waals surface area contributed by atoms with Crippen LogP contribution >= 0.6 is 11.3 Å². The molecule has 1 rings (SSSR count). The van der Waals surface area contributed by atoms with Gasteiger partial charge in [0.25, 0.3) is 5.91 Å². The number of sulfonamides is 1. The number of carbonyl (C=O) groups excluding carboxylic acids is 2.